The lowest BCUT2D eigenvalue weighted by atomic mass is 10.0. The largest absolute Gasteiger partial charge is 0.396 e. The van der Waals surface area contributed by atoms with Crippen molar-refractivity contribution in [1.29, 1.82) is 0 Å². The fourth-order valence-electron chi connectivity index (χ4n) is 1.30. The van der Waals surface area contributed by atoms with Gasteiger partial charge in [0.25, 0.3) is 5.91 Å². The fourth-order valence-corrected chi connectivity index (χ4v) is 1.30. The van der Waals surface area contributed by atoms with Crippen molar-refractivity contribution in [3.05, 3.63) is 17.5 Å². The molecular weight excluding hydrogens is 194 g/mol. The molecule has 1 heterocycles. The molecule has 0 unspecified atom stereocenters. The molecule has 0 aromatic carbocycles. The molecule has 0 aliphatic carbocycles. The van der Waals surface area contributed by atoms with E-state index in [0.717, 1.165) is 5.69 Å². The maximum absolute atomic E-state index is 11.8. The second-order valence-corrected chi connectivity index (χ2v) is 4.22. The summed E-state index contributed by atoms with van der Waals surface area (Å²) < 4.78 is 0. The summed E-state index contributed by atoms with van der Waals surface area (Å²) >= 11 is 0. The molecular formula is C10H17N3O2. The molecule has 84 valence electrons. The Balaban J connectivity index is 2.68. The summed E-state index contributed by atoms with van der Waals surface area (Å²) in [6, 6.07) is 0. The molecule has 0 aliphatic heterocycles. The van der Waals surface area contributed by atoms with Gasteiger partial charge in [-0.1, -0.05) is 0 Å². The van der Waals surface area contributed by atoms with Crippen molar-refractivity contribution in [1.82, 2.24) is 15.5 Å². The Hall–Kier alpha value is -1.36. The van der Waals surface area contributed by atoms with Gasteiger partial charge < -0.3 is 10.4 Å². The van der Waals surface area contributed by atoms with Gasteiger partial charge in [-0.05, 0) is 27.2 Å². The van der Waals surface area contributed by atoms with Gasteiger partial charge in [-0.2, -0.15) is 5.10 Å². The highest BCUT2D eigenvalue weighted by molar-refractivity contribution is 5.95. The number of carbonyl (C=O) groups excluding carboxylic acids is 1. The predicted octanol–water partition coefficient (Wildman–Crippen LogP) is 0.609. The standard InChI is InChI=1S/C10H17N3O2/c1-7-8(6-11-13-7)9(15)12-10(2,3)4-5-14/h6,14H,4-5H2,1-3H3,(H,11,13)(H,12,15). The van der Waals surface area contributed by atoms with E-state index in [9.17, 15) is 4.79 Å². The molecule has 0 spiro atoms. The number of aliphatic hydroxyl groups is 1. The van der Waals surface area contributed by atoms with Gasteiger partial charge in [0.15, 0.2) is 0 Å². The molecule has 1 amide bonds. The normalized spacial score (nSPS) is 11.5. The highest BCUT2D eigenvalue weighted by Crippen LogP contribution is 2.10. The lowest BCUT2D eigenvalue weighted by Crippen LogP contribution is -2.44. The molecule has 0 fully saturated rings. The van der Waals surface area contributed by atoms with E-state index >= 15 is 0 Å². The second kappa shape index (κ2) is 4.44. The SMILES string of the molecule is Cc1[nH]ncc1C(=O)NC(C)(C)CCO. The fraction of sp³-hybridized carbons (Fsp3) is 0.600. The van der Waals surface area contributed by atoms with E-state index in [1.807, 2.05) is 13.8 Å². The predicted molar refractivity (Wildman–Crippen MR) is 56.6 cm³/mol. The van der Waals surface area contributed by atoms with Gasteiger partial charge in [-0.25, -0.2) is 0 Å². The third-order valence-electron chi connectivity index (χ3n) is 2.26. The Bertz CT molecular complexity index is 344. The first-order chi connectivity index (χ1) is 6.96. The Morgan fingerprint density at radius 3 is 2.80 bits per heavy atom. The number of rotatable bonds is 4. The Labute approximate surface area is 88.9 Å². The van der Waals surface area contributed by atoms with Crippen molar-refractivity contribution in [2.24, 2.45) is 0 Å². The van der Waals surface area contributed by atoms with Gasteiger partial charge in [-0.15, -0.1) is 0 Å². The minimum Gasteiger partial charge on any atom is -0.396 e. The van der Waals surface area contributed by atoms with Crippen LogP contribution in [0, 0.1) is 6.92 Å². The maximum atomic E-state index is 11.8. The third kappa shape index (κ3) is 3.06. The van der Waals surface area contributed by atoms with Crippen LogP contribution in [0.2, 0.25) is 0 Å². The number of amides is 1. The number of aromatic nitrogens is 2. The molecule has 0 aliphatic rings. The molecule has 5 nitrogen and oxygen atoms in total. The average Bonchev–Trinajstić information content (AvgIpc) is 2.50. The molecule has 15 heavy (non-hydrogen) atoms. The van der Waals surface area contributed by atoms with E-state index in [4.69, 9.17) is 5.11 Å². The van der Waals surface area contributed by atoms with Crippen LogP contribution in [0.4, 0.5) is 0 Å². The van der Waals surface area contributed by atoms with E-state index < -0.39 is 5.54 Å². The van der Waals surface area contributed by atoms with Crippen molar-refractivity contribution < 1.29 is 9.90 Å². The average molecular weight is 211 g/mol. The van der Waals surface area contributed by atoms with Crippen LogP contribution in [0.15, 0.2) is 6.20 Å². The van der Waals surface area contributed by atoms with Crippen LogP contribution in [-0.4, -0.2) is 33.4 Å². The minimum atomic E-state index is -0.407. The van der Waals surface area contributed by atoms with E-state index in [-0.39, 0.29) is 12.5 Å². The van der Waals surface area contributed by atoms with Gasteiger partial charge in [0.05, 0.1) is 11.8 Å². The molecule has 1 aromatic heterocycles. The monoisotopic (exact) mass is 211 g/mol. The third-order valence-corrected chi connectivity index (χ3v) is 2.26. The number of aromatic amines is 1. The number of hydrogen-bond donors (Lipinski definition) is 3. The molecule has 1 aromatic rings. The zero-order valence-corrected chi connectivity index (χ0v) is 9.29. The number of aryl methyl sites for hydroxylation is 1. The molecule has 1 rings (SSSR count). The zero-order chi connectivity index (χ0) is 11.5. The lowest BCUT2D eigenvalue weighted by Gasteiger charge is -2.25. The Kier molecular flexibility index (Phi) is 3.47. The van der Waals surface area contributed by atoms with Crippen LogP contribution >= 0.6 is 0 Å². The molecule has 0 bridgehead atoms. The molecule has 5 heteroatoms. The smallest absolute Gasteiger partial charge is 0.255 e. The lowest BCUT2D eigenvalue weighted by molar-refractivity contribution is 0.0899. The highest BCUT2D eigenvalue weighted by atomic mass is 16.3. The number of H-pyrrole nitrogens is 1. The summed E-state index contributed by atoms with van der Waals surface area (Å²) in [5.74, 6) is -0.167. The summed E-state index contributed by atoms with van der Waals surface area (Å²) in [6.07, 6.45) is 2.02. The van der Waals surface area contributed by atoms with E-state index in [1.54, 1.807) is 6.92 Å². The van der Waals surface area contributed by atoms with Gasteiger partial charge in [0.2, 0.25) is 0 Å². The number of nitrogens with one attached hydrogen (secondary N) is 2. The topological polar surface area (TPSA) is 78.0 Å². The quantitative estimate of drug-likeness (QED) is 0.682. The van der Waals surface area contributed by atoms with Gasteiger partial charge in [0.1, 0.15) is 0 Å². The Morgan fingerprint density at radius 1 is 1.67 bits per heavy atom. The van der Waals surface area contributed by atoms with Gasteiger partial charge in [0, 0.05) is 17.8 Å². The number of carbonyl (C=O) groups is 1. The minimum absolute atomic E-state index is 0.0532. The zero-order valence-electron chi connectivity index (χ0n) is 9.29. The number of hydrogen-bond acceptors (Lipinski definition) is 3. The van der Waals surface area contributed by atoms with Crippen LogP contribution in [0.25, 0.3) is 0 Å². The molecule has 3 N–H and O–H groups in total. The summed E-state index contributed by atoms with van der Waals surface area (Å²) in [5.41, 5.74) is 0.878. The van der Waals surface area contributed by atoms with Crippen LogP contribution in [0.3, 0.4) is 0 Å². The summed E-state index contributed by atoms with van der Waals surface area (Å²) in [4.78, 5) is 11.8. The molecule has 0 saturated carbocycles. The summed E-state index contributed by atoms with van der Waals surface area (Å²) in [7, 11) is 0. The Morgan fingerprint density at radius 2 is 2.33 bits per heavy atom. The van der Waals surface area contributed by atoms with Crippen LogP contribution in [0.5, 0.6) is 0 Å². The van der Waals surface area contributed by atoms with Gasteiger partial charge >= 0.3 is 0 Å². The number of aliphatic hydroxyl groups excluding tert-OH is 1. The number of nitrogens with zero attached hydrogens (tertiary/aromatic N) is 1. The van der Waals surface area contributed by atoms with Crippen molar-refractivity contribution in [2.45, 2.75) is 32.7 Å². The van der Waals surface area contributed by atoms with Crippen molar-refractivity contribution in [3.63, 3.8) is 0 Å². The van der Waals surface area contributed by atoms with E-state index in [2.05, 4.69) is 15.5 Å². The van der Waals surface area contributed by atoms with E-state index in [1.165, 1.54) is 6.20 Å². The van der Waals surface area contributed by atoms with Crippen LogP contribution in [-0.2, 0) is 0 Å². The van der Waals surface area contributed by atoms with Crippen molar-refractivity contribution in [3.8, 4) is 0 Å². The van der Waals surface area contributed by atoms with Crippen LogP contribution < -0.4 is 5.32 Å². The maximum Gasteiger partial charge on any atom is 0.255 e. The first-order valence-electron chi connectivity index (χ1n) is 4.89. The van der Waals surface area contributed by atoms with Crippen molar-refractivity contribution >= 4 is 5.91 Å². The van der Waals surface area contributed by atoms with Crippen molar-refractivity contribution in [2.75, 3.05) is 6.61 Å². The highest BCUT2D eigenvalue weighted by Gasteiger charge is 2.21. The summed E-state index contributed by atoms with van der Waals surface area (Å²) in [5, 5.41) is 18.2. The first kappa shape index (κ1) is 11.7. The second-order valence-electron chi connectivity index (χ2n) is 4.22. The summed E-state index contributed by atoms with van der Waals surface area (Å²) in [6.45, 7) is 5.59. The molecule has 0 atom stereocenters. The van der Waals surface area contributed by atoms with E-state index in [0.29, 0.717) is 12.0 Å². The van der Waals surface area contributed by atoms with Gasteiger partial charge in [-0.3, -0.25) is 9.89 Å². The van der Waals surface area contributed by atoms with Crippen LogP contribution in [0.1, 0.15) is 36.3 Å². The molecule has 0 radical (unpaired) electrons. The molecule has 0 saturated heterocycles. The first-order valence-corrected chi connectivity index (χ1v) is 4.89.